The summed E-state index contributed by atoms with van der Waals surface area (Å²) in [6.07, 6.45) is 1.46. The highest BCUT2D eigenvalue weighted by molar-refractivity contribution is 7.13. The zero-order chi connectivity index (χ0) is 23.0. The van der Waals surface area contributed by atoms with Gasteiger partial charge >= 0.3 is 6.03 Å². The summed E-state index contributed by atoms with van der Waals surface area (Å²) < 4.78 is 6.68. The summed E-state index contributed by atoms with van der Waals surface area (Å²) in [6, 6.07) is 14.3. The Morgan fingerprint density at radius 2 is 1.97 bits per heavy atom. The largest absolute Gasteiger partial charge is 0.497 e. The number of urea groups is 1. The fourth-order valence-electron chi connectivity index (χ4n) is 3.68. The molecule has 0 aliphatic carbocycles. The first kappa shape index (κ1) is 20.8. The molecule has 1 saturated heterocycles. The maximum absolute atomic E-state index is 13.3. The van der Waals surface area contributed by atoms with Crippen molar-refractivity contribution >= 4 is 23.3 Å². The van der Waals surface area contributed by atoms with Crippen LogP contribution in [0.3, 0.4) is 0 Å². The first-order valence-corrected chi connectivity index (χ1v) is 10.9. The first-order valence-electron chi connectivity index (χ1n) is 10.0. The van der Waals surface area contributed by atoms with Crippen molar-refractivity contribution in [1.29, 1.82) is 0 Å². The summed E-state index contributed by atoms with van der Waals surface area (Å²) in [6.45, 7) is 1.77. The zero-order valence-electron chi connectivity index (χ0n) is 17.8. The van der Waals surface area contributed by atoms with Gasteiger partial charge in [0.05, 0.1) is 25.0 Å². The topological polar surface area (TPSA) is 115 Å². The molecule has 10 nitrogen and oxygen atoms in total. The zero-order valence-corrected chi connectivity index (χ0v) is 18.6. The van der Waals surface area contributed by atoms with Gasteiger partial charge in [-0.25, -0.2) is 14.5 Å². The fourth-order valence-corrected chi connectivity index (χ4v) is 4.50. The molecule has 1 atom stereocenters. The number of carbonyl (C=O) groups excluding carboxylic acids is 2. The van der Waals surface area contributed by atoms with Gasteiger partial charge in [-0.1, -0.05) is 12.1 Å². The van der Waals surface area contributed by atoms with E-state index in [1.807, 2.05) is 35.7 Å². The smallest absolute Gasteiger partial charge is 0.325 e. The highest BCUT2D eigenvalue weighted by Gasteiger charge is 2.49. The SMILES string of the molecule is COc1ccc(-c2nc(CN3C(=O)N[C@](C)(c4cccc(-n5cnnn5)c4)C3=O)cs2)cc1. The van der Waals surface area contributed by atoms with E-state index in [0.29, 0.717) is 16.9 Å². The van der Waals surface area contributed by atoms with Gasteiger partial charge in [0.1, 0.15) is 22.6 Å². The number of ether oxygens (including phenoxy) is 1. The molecule has 0 spiro atoms. The van der Waals surface area contributed by atoms with Crippen molar-refractivity contribution in [2.75, 3.05) is 7.11 Å². The molecule has 166 valence electrons. The molecule has 2 aromatic carbocycles. The average molecular weight is 462 g/mol. The van der Waals surface area contributed by atoms with Crippen LogP contribution in [-0.4, -0.2) is 49.1 Å². The summed E-state index contributed by atoms with van der Waals surface area (Å²) in [5, 5.41) is 16.6. The number of rotatable bonds is 6. The van der Waals surface area contributed by atoms with Crippen molar-refractivity contribution in [3.8, 4) is 22.0 Å². The van der Waals surface area contributed by atoms with Crippen LogP contribution in [0.2, 0.25) is 0 Å². The molecule has 33 heavy (non-hydrogen) atoms. The number of carbonyl (C=O) groups is 2. The van der Waals surface area contributed by atoms with E-state index >= 15 is 0 Å². The van der Waals surface area contributed by atoms with E-state index in [-0.39, 0.29) is 12.5 Å². The van der Waals surface area contributed by atoms with E-state index in [9.17, 15) is 9.59 Å². The molecule has 0 radical (unpaired) electrons. The molecule has 3 heterocycles. The lowest BCUT2D eigenvalue weighted by Crippen LogP contribution is -2.40. The molecule has 0 unspecified atom stereocenters. The standard InChI is InChI=1S/C22H19N7O3S/c1-22(15-4-3-5-17(10-15)29-13-23-26-27-29)20(30)28(21(31)25-22)11-16-12-33-19(24-16)14-6-8-18(32-2)9-7-14/h3-10,12-13H,11H2,1-2H3,(H,25,31)/t22-/m1/s1. The average Bonchev–Trinajstić information content (AvgIpc) is 3.58. The molecule has 0 bridgehead atoms. The van der Waals surface area contributed by atoms with Crippen LogP contribution in [0.4, 0.5) is 4.79 Å². The number of hydrogen-bond acceptors (Lipinski definition) is 8. The Bertz CT molecular complexity index is 1320. The molecule has 0 saturated carbocycles. The summed E-state index contributed by atoms with van der Waals surface area (Å²) in [4.78, 5) is 31.9. The number of hydrogen-bond donors (Lipinski definition) is 1. The Labute approximate surface area is 192 Å². The normalized spacial score (nSPS) is 17.9. The van der Waals surface area contributed by atoms with Gasteiger partial charge in [0.2, 0.25) is 0 Å². The molecule has 4 aromatic rings. The van der Waals surface area contributed by atoms with Crippen LogP contribution in [-0.2, 0) is 16.9 Å². The second kappa shape index (κ2) is 8.10. The molecule has 1 aliphatic heterocycles. The highest BCUT2D eigenvalue weighted by atomic mass is 32.1. The second-order valence-electron chi connectivity index (χ2n) is 7.62. The van der Waals surface area contributed by atoms with Crippen molar-refractivity contribution in [2.45, 2.75) is 19.0 Å². The van der Waals surface area contributed by atoms with Crippen LogP contribution in [0.5, 0.6) is 5.75 Å². The van der Waals surface area contributed by atoms with Crippen molar-refractivity contribution < 1.29 is 14.3 Å². The number of nitrogens with zero attached hydrogens (tertiary/aromatic N) is 6. The summed E-state index contributed by atoms with van der Waals surface area (Å²) in [5.41, 5.74) is 1.68. The van der Waals surface area contributed by atoms with Crippen LogP contribution >= 0.6 is 11.3 Å². The number of amides is 3. The maximum Gasteiger partial charge on any atom is 0.325 e. The number of thiazole rings is 1. The van der Waals surface area contributed by atoms with Crippen LogP contribution < -0.4 is 10.1 Å². The van der Waals surface area contributed by atoms with Crippen molar-refractivity contribution in [3.63, 3.8) is 0 Å². The first-order chi connectivity index (χ1) is 16.0. The number of methoxy groups -OCH3 is 1. The number of nitrogens with one attached hydrogen (secondary N) is 1. The molecule has 11 heteroatoms. The van der Waals surface area contributed by atoms with Crippen LogP contribution in [0.15, 0.2) is 60.2 Å². The monoisotopic (exact) mass is 461 g/mol. The third-order valence-electron chi connectivity index (χ3n) is 5.52. The highest BCUT2D eigenvalue weighted by Crippen LogP contribution is 2.32. The molecule has 1 aliphatic rings. The second-order valence-corrected chi connectivity index (χ2v) is 8.48. The maximum atomic E-state index is 13.3. The number of imide groups is 1. The van der Waals surface area contributed by atoms with E-state index in [1.165, 1.54) is 27.2 Å². The Morgan fingerprint density at radius 3 is 2.70 bits per heavy atom. The summed E-state index contributed by atoms with van der Waals surface area (Å²) in [7, 11) is 1.62. The minimum Gasteiger partial charge on any atom is -0.497 e. The van der Waals surface area contributed by atoms with E-state index in [1.54, 1.807) is 32.2 Å². The molecule has 1 N–H and O–H groups in total. The molecule has 5 rings (SSSR count). The molecular weight excluding hydrogens is 442 g/mol. The summed E-state index contributed by atoms with van der Waals surface area (Å²) in [5.74, 6) is 0.415. The lowest BCUT2D eigenvalue weighted by molar-refractivity contribution is -0.131. The predicted molar refractivity (Wildman–Crippen MR) is 120 cm³/mol. The van der Waals surface area contributed by atoms with E-state index in [0.717, 1.165) is 16.3 Å². The minimum absolute atomic E-state index is 0.0829. The third-order valence-corrected chi connectivity index (χ3v) is 6.46. The van der Waals surface area contributed by atoms with E-state index in [2.05, 4.69) is 25.8 Å². The van der Waals surface area contributed by atoms with Crippen LogP contribution in [0.1, 0.15) is 18.2 Å². The number of aromatic nitrogens is 5. The van der Waals surface area contributed by atoms with Gasteiger partial charge in [-0.05, 0) is 59.3 Å². The van der Waals surface area contributed by atoms with Gasteiger partial charge in [0, 0.05) is 10.9 Å². The van der Waals surface area contributed by atoms with Crippen molar-refractivity contribution in [1.82, 2.24) is 35.4 Å². The molecule has 2 aromatic heterocycles. The van der Waals surface area contributed by atoms with Crippen molar-refractivity contribution in [3.05, 3.63) is 71.5 Å². The Balaban J connectivity index is 1.37. The van der Waals surface area contributed by atoms with Gasteiger partial charge in [0.15, 0.2) is 0 Å². The van der Waals surface area contributed by atoms with E-state index in [4.69, 9.17) is 4.74 Å². The third kappa shape index (κ3) is 3.72. The number of tetrazole rings is 1. The van der Waals surface area contributed by atoms with Gasteiger partial charge in [-0.2, -0.15) is 0 Å². The minimum atomic E-state index is -1.21. The van der Waals surface area contributed by atoms with Gasteiger partial charge in [0.25, 0.3) is 5.91 Å². The van der Waals surface area contributed by atoms with Gasteiger partial charge in [-0.3, -0.25) is 9.69 Å². The predicted octanol–water partition coefficient (Wildman–Crippen LogP) is 2.76. The summed E-state index contributed by atoms with van der Waals surface area (Å²) >= 11 is 1.46. The lowest BCUT2D eigenvalue weighted by Gasteiger charge is -2.22. The van der Waals surface area contributed by atoms with Gasteiger partial charge < -0.3 is 10.1 Å². The fraction of sp³-hybridized carbons (Fsp3) is 0.182. The van der Waals surface area contributed by atoms with Crippen LogP contribution in [0.25, 0.3) is 16.3 Å². The molecule has 3 amide bonds. The van der Waals surface area contributed by atoms with Crippen LogP contribution in [0, 0.1) is 0 Å². The quantitative estimate of drug-likeness (QED) is 0.439. The number of benzene rings is 2. The van der Waals surface area contributed by atoms with Gasteiger partial charge in [-0.15, -0.1) is 16.4 Å². The van der Waals surface area contributed by atoms with Crippen molar-refractivity contribution in [2.24, 2.45) is 0 Å². The Kier molecular flexibility index (Phi) is 5.09. The molecule has 1 fully saturated rings. The molecular formula is C22H19N7O3S. The van der Waals surface area contributed by atoms with E-state index < -0.39 is 11.6 Å². The Hall–Kier alpha value is -4.12. The Morgan fingerprint density at radius 1 is 1.15 bits per heavy atom. The lowest BCUT2D eigenvalue weighted by atomic mass is 9.91.